The number of rotatable bonds is 10. The molecule has 1 atom stereocenters. The molecule has 0 radical (unpaired) electrons. The number of urea groups is 1. The highest BCUT2D eigenvalue weighted by Crippen LogP contribution is 2.34. The number of amides is 2. The Bertz CT molecular complexity index is 341. The highest BCUT2D eigenvalue weighted by Gasteiger charge is 2.35. The van der Waals surface area contributed by atoms with E-state index >= 15 is 0 Å². The van der Waals surface area contributed by atoms with Gasteiger partial charge in [-0.05, 0) is 31.6 Å². The average molecular weight is 300 g/mol. The third kappa shape index (κ3) is 5.91. The molecule has 0 aliphatic heterocycles. The van der Waals surface area contributed by atoms with Crippen molar-refractivity contribution in [3.8, 4) is 0 Å². The molecule has 0 heterocycles. The van der Waals surface area contributed by atoms with Crippen LogP contribution in [0.1, 0.15) is 46.0 Å². The van der Waals surface area contributed by atoms with E-state index in [4.69, 9.17) is 9.84 Å². The smallest absolute Gasteiger partial charge is 0.317 e. The molecule has 6 heteroatoms. The molecule has 1 fully saturated rings. The molecule has 1 rings (SSSR count). The van der Waals surface area contributed by atoms with Gasteiger partial charge in [-0.15, -0.1) is 0 Å². The normalized spacial score (nSPS) is 15.8. The van der Waals surface area contributed by atoms with Crippen molar-refractivity contribution in [1.82, 2.24) is 10.2 Å². The second kappa shape index (κ2) is 8.87. The van der Waals surface area contributed by atoms with Crippen molar-refractivity contribution in [3.63, 3.8) is 0 Å². The molecule has 122 valence electrons. The molecule has 1 unspecified atom stereocenters. The van der Waals surface area contributed by atoms with E-state index in [1.807, 2.05) is 0 Å². The van der Waals surface area contributed by atoms with Gasteiger partial charge in [0.2, 0.25) is 0 Å². The van der Waals surface area contributed by atoms with Crippen LogP contribution in [-0.4, -0.2) is 54.4 Å². The SMILES string of the molecule is CCC(CC)N(CCOC)C(=O)NC(CC(=O)O)C1CC1. The zero-order valence-electron chi connectivity index (χ0n) is 13.3. The first-order chi connectivity index (χ1) is 10.0. The van der Waals surface area contributed by atoms with E-state index in [-0.39, 0.29) is 24.5 Å². The summed E-state index contributed by atoms with van der Waals surface area (Å²) in [5.41, 5.74) is 0. The van der Waals surface area contributed by atoms with Gasteiger partial charge >= 0.3 is 12.0 Å². The summed E-state index contributed by atoms with van der Waals surface area (Å²) in [5, 5.41) is 11.9. The number of carboxylic acid groups (broad SMARTS) is 1. The van der Waals surface area contributed by atoms with Crippen LogP contribution in [0.25, 0.3) is 0 Å². The van der Waals surface area contributed by atoms with Crippen LogP contribution in [0.4, 0.5) is 4.79 Å². The van der Waals surface area contributed by atoms with Crippen LogP contribution in [0, 0.1) is 5.92 Å². The Hall–Kier alpha value is -1.30. The number of carboxylic acids is 1. The predicted molar refractivity (Wildman–Crippen MR) is 80.2 cm³/mol. The zero-order chi connectivity index (χ0) is 15.8. The number of hydrogen-bond donors (Lipinski definition) is 2. The molecule has 2 amide bonds. The van der Waals surface area contributed by atoms with Crippen LogP contribution >= 0.6 is 0 Å². The number of methoxy groups -OCH3 is 1. The van der Waals surface area contributed by atoms with Crippen molar-refractivity contribution >= 4 is 12.0 Å². The highest BCUT2D eigenvalue weighted by molar-refractivity contribution is 5.76. The molecular formula is C15H28N2O4. The first-order valence-electron chi connectivity index (χ1n) is 7.81. The van der Waals surface area contributed by atoms with Gasteiger partial charge in [0.05, 0.1) is 13.0 Å². The molecule has 0 aromatic rings. The van der Waals surface area contributed by atoms with E-state index in [0.29, 0.717) is 19.1 Å². The molecule has 0 spiro atoms. The molecular weight excluding hydrogens is 272 g/mol. The van der Waals surface area contributed by atoms with Crippen LogP contribution < -0.4 is 5.32 Å². The fraction of sp³-hybridized carbons (Fsp3) is 0.867. The Labute approximate surface area is 126 Å². The van der Waals surface area contributed by atoms with Crippen molar-refractivity contribution in [2.45, 2.75) is 58.0 Å². The number of hydrogen-bond acceptors (Lipinski definition) is 3. The third-order valence-corrected chi connectivity index (χ3v) is 4.07. The number of nitrogens with zero attached hydrogens (tertiary/aromatic N) is 1. The summed E-state index contributed by atoms with van der Waals surface area (Å²) < 4.78 is 5.08. The lowest BCUT2D eigenvalue weighted by atomic mass is 10.1. The minimum atomic E-state index is -0.863. The molecule has 1 aliphatic carbocycles. The van der Waals surface area contributed by atoms with Gasteiger partial charge in [0.15, 0.2) is 0 Å². The quantitative estimate of drug-likeness (QED) is 0.647. The van der Waals surface area contributed by atoms with E-state index in [0.717, 1.165) is 25.7 Å². The summed E-state index contributed by atoms with van der Waals surface area (Å²) in [4.78, 5) is 25.2. The largest absolute Gasteiger partial charge is 0.481 e. The first-order valence-corrected chi connectivity index (χ1v) is 7.81. The van der Waals surface area contributed by atoms with Gasteiger partial charge in [-0.25, -0.2) is 4.79 Å². The Morgan fingerprint density at radius 1 is 1.33 bits per heavy atom. The summed E-state index contributed by atoms with van der Waals surface area (Å²) >= 11 is 0. The third-order valence-electron chi connectivity index (χ3n) is 4.07. The van der Waals surface area contributed by atoms with Gasteiger partial charge in [0, 0.05) is 25.7 Å². The minimum Gasteiger partial charge on any atom is -0.481 e. The second-order valence-electron chi connectivity index (χ2n) is 5.65. The van der Waals surface area contributed by atoms with E-state index in [9.17, 15) is 9.59 Å². The van der Waals surface area contributed by atoms with Crippen LogP contribution in [0.2, 0.25) is 0 Å². The predicted octanol–water partition coefficient (Wildman–Crippen LogP) is 2.09. The number of aliphatic carboxylic acids is 1. The lowest BCUT2D eigenvalue weighted by molar-refractivity contribution is -0.137. The Kier molecular flexibility index (Phi) is 7.50. The van der Waals surface area contributed by atoms with E-state index in [2.05, 4.69) is 19.2 Å². The van der Waals surface area contributed by atoms with E-state index in [1.165, 1.54) is 0 Å². The van der Waals surface area contributed by atoms with Crippen LogP contribution in [-0.2, 0) is 9.53 Å². The zero-order valence-corrected chi connectivity index (χ0v) is 13.3. The Balaban J connectivity index is 2.66. The standard InChI is InChI=1S/C15H28N2O4/c1-4-12(5-2)17(8-9-21-3)15(20)16-13(10-14(18)19)11-6-7-11/h11-13H,4-10H2,1-3H3,(H,16,20)(H,18,19). The van der Waals surface area contributed by atoms with E-state index < -0.39 is 5.97 Å². The molecule has 6 nitrogen and oxygen atoms in total. The minimum absolute atomic E-state index is 0.00254. The summed E-state index contributed by atoms with van der Waals surface area (Å²) in [6, 6.07) is -0.266. The van der Waals surface area contributed by atoms with Crippen molar-refractivity contribution in [3.05, 3.63) is 0 Å². The van der Waals surface area contributed by atoms with Gasteiger partial charge in [0.1, 0.15) is 0 Å². The van der Waals surface area contributed by atoms with Crippen molar-refractivity contribution in [1.29, 1.82) is 0 Å². The number of carbonyl (C=O) groups is 2. The topological polar surface area (TPSA) is 78.9 Å². The average Bonchev–Trinajstić information content (AvgIpc) is 3.26. The number of nitrogens with one attached hydrogen (secondary N) is 1. The summed E-state index contributed by atoms with van der Waals surface area (Å²) in [6.07, 6.45) is 3.75. The first kappa shape index (κ1) is 17.8. The van der Waals surface area contributed by atoms with Crippen molar-refractivity contribution < 1.29 is 19.4 Å². The van der Waals surface area contributed by atoms with Crippen LogP contribution in [0.3, 0.4) is 0 Å². The fourth-order valence-corrected chi connectivity index (χ4v) is 2.63. The summed E-state index contributed by atoms with van der Waals surface area (Å²) in [6.45, 7) is 5.11. The fourth-order valence-electron chi connectivity index (χ4n) is 2.63. The van der Waals surface area contributed by atoms with Gasteiger partial charge in [0.25, 0.3) is 0 Å². The molecule has 0 bridgehead atoms. The molecule has 2 N–H and O–H groups in total. The maximum atomic E-state index is 12.5. The molecule has 1 aliphatic rings. The second-order valence-corrected chi connectivity index (χ2v) is 5.65. The van der Waals surface area contributed by atoms with Gasteiger partial charge < -0.3 is 20.1 Å². The maximum absolute atomic E-state index is 12.5. The van der Waals surface area contributed by atoms with Gasteiger partial charge in [-0.2, -0.15) is 0 Å². The molecule has 21 heavy (non-hydrogen) atoms. The number of carbonyl (C=O) groups excluding carboxylic acids is 1. The summed E-state index contributed by atoms with van der Waals surface area (Å²) in [5.74, 6) is -0.547. The van der Waals surface area contributed by atoms with Gasteiger partial charge in [-0.3, -0.25) is 4.79 Å². The summed E-state index contributed by atoms with van der Waals surface area (Å²) in [7, 11) is 1.61. The lowest BCUT2D eigenvalue weighted by Crippen LogP contribution is -2.51. The molecule has 0 aromatic heterocycles. The molecule has 0 saturated heterocycles. The Morgan fingerprint density at radius 3 is 2.38 bits per heavy atom. The molecule has 0 aromatic carbocycles. The Morgan fingerprint density at radius 2 is 1.95 bits per heavy atom. The molecule has 1 saturated carbocycles. The van der Waals surface area contributed by atoms with E-state index in [1.54, 1.807) is 12.0 Å². The van der Waals surface area contributed by atoms with Crippen LogP contribution in [0.5, 0.6) is 0 Å². The van der Waals surface area contributed by atoms with Crippen LogP contribution in [0.15, 0.2) is 0 Å². The lowest BCUT2D eigenvalue weighted by Gasteiger charge is -2.32. The number of ether oxygens (including phenoxy) is 1. The monoisotopic (exact) mass is 300 g/mol. The maximum Gasteiger partial charge on any atom is 0.317 e. The van der Waals surface area contributed by atoms with Crippen molar-refractivity contribution in [2.75, 3.05) is 20.3 Å². The van der Waals surface area contributed by atoms with Gasteiger partial charge in [-0.1, -0.05) is 13.8 Å². The highest BCUT2D eigenvalue weighted by atomic mass is 16.5. The van der Waals surface area contributed by atoms with Crippen molar-refractivity contribution in [2.24, 2.45) is 5.92 Å².